The van der Waals surface area contributed by atoms with Crippen LogP contribution in [-0.2, 0) is 21.1 Å². The van der Waals surface area contributed by atoms with Gasteiger partial charge >= 0.3 is 6.18 Å². The number of carbonyl (C=O) groups excluding carboxylic acids is 1. The van der Waals surface area contributed by atoms with Crippen LogP contribution in [-0.4, -0.2) is 61.6 Å². The average molecular weight is 410 g/mol. The Morgan fingerprint density at radius 1 is 1.10 bits per heavy atom. The molecule has 2 heterocycles. The number of ether oxygens (including phenoxy) is 1. The first-order valence-corrected chi connectivity index (χ1v) is 10.0. The molecule has 0 aromatic heterocycles. The summed E-state index contributed by atoms with van der Waals surface area (Å²) in [6, 6.07) is 4.63. The van der Waals surface area contributed by atoms with Gasteiger partial charge in [-0.1, -0.05) is 39.0 Å². The monoisotopic (exact) mass is 410 g/mol. The Bertz CT molecular complexity index is 775. The van der Waals surface area contributed by atoms with Crippen LogP contribution in [0.5, 0.6) is 0 Å². The van der Waals surface area contributed by atoms with E-state index in [9.17, 15) is 18.0 Å². The molecule has 0 N–H and O–H groups in total. The Morgan fingerprint density at radius 2 is 1.79 bits per heavy atom. The predicted octanol–water partition coefficient (Wildman–Crippen LogP) is 3.95. The van der Waals surface area contributed by atoms with Crippen molar-refractivity contribution in [3.05, 3.63) is 41.0 Å². The zero-order valence-electron chi connectivity index (χ0n) is 17.3. The molecule has 1 fully saturated rings. The molecule has 0 saturated carbocycles. The van der Waals surface area contributed by atoms with E-state index in [-0.39, 0.29) is 16.9 Å². The summed E-state index contributed by atoms with van der Waals surface area (Å²) in [5, 5.41) is 0. The van der Waals surface area contributed by atoms with Gasteiger partial charge in [-0.15, -0.1) is 0 Å². The Balaban J connectivity index is 1.75. The molecule has 1 saturated heterocycles. The van der Waals surface area contributed by atoms with Crippen molar-refractivity contribution in [1.29, 1.82) is 0 Å². The number of alkyl halides is 3. The second-order valence-electron chi connectivity index (χ2n) is 8.72. The van der Waals surface area contributed by atoms with Gasteiger partial charge in [0.15, 0.2) is 0 Å². The van der Waals surface area contributed by atoms with Gasteiger partial charge in [-0.2, -0.15) is 13.2 Å². The molecular formula is C22H29F3N2O2. The molecule has 3 rings (SSSR count). The minimum absolute atomic E-state index is 0.0151. The summed E-state index contributed by atoms with van der Waals surface area (Å²) in [5.41, 5.74) is 0.595. The fourth-order valence-electron chi connectivity index (χ4n) is 3.72. The van der Waals surface area contributed by atoms with E-state index >= 15 is 0 Å². The molecule has 2 aliphatic rings. The zero-order valence-corrected chi connectivity index (χ0v) is 17.3. The number of hydrogen-bond donors (Lipinski definition) is 0. The molecule has 0 atom stereocenters. The number of benzene rings is 1. The first kappa shape index (κ1) is 21.8. The summed E-state index contributed by atoms with van der Waals surface area (Å²) in [5.74, 6) is 0.0151. The second kappa shape index (κ2) is 8.48. The summed E-state index contributed by atoms with van der Waals surface area (Å²) < 4.78 is 46.5. The minimum atomic E-state index is -4.42. The first-order valence-electron chi connectivity index (χ1n) is 10.0. The minimum Gasteiger partial charge on any atom is -0.379 e. The average Bonchev–Trinajstić information content (AvgIpc) is 2.67. The van der Waals surface area contributed by atoms with E-state index in [4.69, 9.17) is 4.74 Å². The number of nitrogens with zero attached hydrogens (tertiary/aromatic N) is 2. The third kappa shape index (κ3) is 5.39. The zero-order chi connectivity index (χ0) is 21.2. The van der Waals surface area contributed by atoms with E-state index < -0.39 is 11.7 Å². The van der Waals surface area contributed by atoms with Crippen LogP contribution in [0.2, 0.25) is 0 Å². The highest BCUT2D eigenvalue weighted by Gasteiger charge is 2.36. The molecule has 1 aromatic rings. The Labute approximate surface area is 170 Å². The van der Waals surface area contributed by atoms with Crippen LogP contribution in [0.15, 0.2) is 24.3 Å². The normalized spacial score (nSPS) is 19.2. The maximum Gasteiger partial charge on any atom is 0.417 e. The summed E-state index contributed by atoms with van der Waals surface area (Å²) >= 11 is 0. The molecule has 29 heavy (non-hydrogen) atoms. The van der Waals surface area contributed by atoms with Crippen molar-refractivity contribution in [2.75, 3.05) is 45.9 Å². The molecule has 1 aromatic carbocycles. The van der Waals surface area contributed by atoms with Crippen molar-refractivity contribution in [2.24, 2.45) is 0 Å². The summed E-state index contributed by atoms with van der Waals surface area (Å²) in [7, 11) is 0. The number of amides is 1. The van der Waals surface area contributed by atoms with Crippen LogP contribution >= 0.6 is 0 Å². The standard InChI is InChI=1S/C22H29F3N2O2/c1-21(2,3)17-4-5-18(19(14-17)22(23,24)25)16-6-8-27(9-7-16)20(28)15-26-10-12-29-13-11-26/h4-6,14H,7-13,15H2,1-3H3. The quantitative estimate of drug-likeness (QED) is 0.757. The lowest BCUT2D eigenvalue weighted by Crippen LogP contribution is -2.45. The fraction of sp³-hybridized carbons (Fsp3) is 0.591. The number of rotatable bonds is 3. The Morgan fingerprint density at radius 3 is 2.34 bits per heavy atom. The van der Waals surface area contributed by atoms with Crippen LogP contribution in [0, 0.1) is 0 Å². The van der Waals surface area contributed by atoms with Crippen molar-refractivity contribution in [3.8, 4) is 0 Å². The summed E-state index contributed by atoms with van der Waals surface area (Å²) in [6.45, 7) is 9.54. The summed E-state index contributed by atoms with van der Waals surface area (Å²) in [6.07, 6.45) is -2.23. The van der Waals surface area contributed by atoms with Crippen LogP contribution < -0.4 is 0 Å². The maximum absolute atomic E-state index is 13.7. The van der Waals surface area contributed by atoms with E-state index in [0.29, 0.717) is 50.4 Å². The van der Waals surface area contributed by atoms with Crippen molar-refractivity contribution in [3.63, 3.8) is 0 Å². The Kier molecular flexibility index (Phi) is 6.39. The smallest absolute Gasteiger partial charge is 0.379 e. The molecule has 0 spiro atoms. The van der Waals surface area contributed by atoms with E-state index in [1.165, 1.54) is 6.07 Å². The van der Waals surface area contributed by atoms with E-state index in [1.54, 1.807) is 23.1 Å². The number of morpholine rings is 1. The number of halogens is 3. The van der Waals surface area contributed by atoms with Crippen LogP contribution in [0.1, 0.15) is 43.9 Å². The van der Waals surface area contributed by atoms with Crippen LogP contribution in [0.25, 0.3) is 5.57 Å². The van der Waals surface area contributed by atoms with Gasteiger partial charge in [0.1, 0.15) is 0 Å². The fourth-order valence-corrected chi connectivity index (χ4v) is 3.72. The highest BCUT2D eigenvalue weighted by Crippen LogP contribution is 2.39. The highest BCUT2D eigenvalue weighted by molar-refractivity contribution is 5.80. The van der Waals surface area contributed by atoms with Crippen molar-refractivity contribution in [2.45, 2.75) is 38.8 Å². The second-order valence-corrected chi connectivity index (χ2v) is 8.72. The van der Waals surface area contributed by atoms with Gasteiger partial charge in [-0.25, -0.2) is 0 Å². The van der Waals surface area contributed by atoms with E-state index in [1.807, 2.05) is 20.8 Å². The molecule has 0 radical (unpaired) electrons. The molecule has 4 nitrogen and oxygen atoms in total. The number of carbonyl (C=O) groups is 1. The highest BCUT2D eigenvalue weighted by atomic mass is 19.4. The molecule has 0 aliphatic carbocycles. The molecular weight excluding hydrogens is 381 g/mol. The Hall–Kier alpha value is -1.86. The van der Waals surface area contributed by atoms with Gasteiger partial charge in [-0.3, -0.25) is 9.69 Å². The largest absolute Gasteiger partial charge is 0.417 e. The number of hydrogen-bond acceptors (Lipinski definition) is 3. The molecule has 160 valence electrons. The van der Waals surface area contributed by atoms with Crippen molar-refractivity contribution in [1.82, 2.24) is 9.80 Å². The van der Waals surface area contributed by atoms with Gasteiger partial charge in [0.25, 0.3) is 0 Å². The molecule has 0 unspecified atom stereocenters. The molecule has 7 heteroatoms. The lowest BCUT2D eigenvalue weighted by atomic mass is 9.83. The van der Waals surface area contributed by atoms with Crippen LogP contribution in [0.4, 0.5) is 13.2 Å². The lowest BCUT2D eigenvalue weighted by Gasteiger charge is -2.32. The third-order valence-electron chi connectivity index (χ3n) is 5.56. The first-order chi connectivity index (χ1) is 13.6. The van der Waals surface area contributed by atoms with Crippen molar-refractivity contribution >= 4 is 11.5 Å². The molecule has 0 bridgehead atoms. The predicted molar refractivity (Wildman–Crippen MR) is 107 cm³/mol. The summed E-state index contributed by atoms with van der Waals surface area (Å²) in [4.78, 5) is 16.3. The van der Waals surface area contributed by atoms with Gasteiger partial charge < -0.3 is 9.64 Å². The SMILES string of the molecule is CC(C)(C)c1ccc(C2=CCN(C(=O)CN3CCOCC3)CC2)c(C(F)(F)F)c1. The maximum atomic E-state index is 13.7. The van der Waals surface area contributed by atoms with Gasteiger partial charge in [0.2, 0.25) is 5.91 Å². The topological polar surface area (TPSA) is 32.8 Å². The third-order valence-corrected chi connectivity index (χ3v) is 5.56. The molecule has 1 amide bonds. The lowest BCUT2D eigenvalue weighted by molar-refractivity contribution is -0.138. The van der Waals surface area contributed by atoms with E-state index in [2.05, 4.69) is 4.90 Å². The van der Waals surface area contributed by atoms with Gasteiger partial charge in [0.05, 0.1) is 25.3 Å². The van der Waals surface area contributed by atoms with Gasteiger partial charge in [-0.05, 0) is 34.6 Å². The molecule has 2 aliphatic heterocycles. The van der Waals surface area contributed by atoms with E-state index in [0.717, 1.165) is 13.1 Å². The van der Waals surface area contributed by atoms with Crippen LogP contribution in [0.3, 0.4) is 0 Å². The van der Waals surface area contributed by atoms with Gasteiger partial charge in [0, 0.05) is 26.2 Å². The van der Waals surface area contributed by atoms with Crippen molar-refractivity contribution < 1.29 is 22.7 Å².